The molecule has 0 amide bonds. The monoisotopic (exact) mass is 302 g/mol. The third kappa shape index (κ3) is 2.80. The highest BCUT2D eigenvalue weighted by molar-refractivity contribution is 7.48. The summed E-state index contributed by atoms with van der Waals surface area (Å²) in [6.07, 6.45) is -1.45. The summed E-state index contributed by atoms with van der Waals surface area (Å²) >= 11 is 0. The Balaban J connectivity index is 1.66. The van der Waals surface area contributed by atoms with Gasteiger partial charge in [-0.2, -0.15) is 0 Å². The molecule has 2 fully saturated rings. The SMILES string of the molecule is C[C@@]1(F)CO[C@@H]2CO[P@@](=O)(OCc3ccccc3)O[C@H]21. The Labute approximate surface area is 116 Å². The van der Waals surface area contributed by atoms with Gasteiger partial charge in [0, 0.05) is 0 Å². The van der Waals surface area contributed by atoms with E-state index in [1.54, 1.807) is 0 Å². The molecule has 1 aromatic carbocycles. The molecule has 2 aliphatic heterocycles. The lowest BCUT2D eigenvalue weighted by Gasteiger charge is -2.33. The van der Waals surface area contributed by atoms with Gasteiger partial charge in [0.1, 0.15) is 12.2 Å². The van der Waals surface area contributed by atoms with Crippen LogP contribution in [0.15, 0.2) is 30.3 Å². The van der Waals surface area contributed by atoms with Crippen LogP contribution in [0.2, 0.25) is 0 Å². The molecule has 5 nitrogen and oxygen atoms in total. The Hall–Kier alpha value is -0.780. The Morgan fingerprint density at radius 1 is 1.45 bits per heavy atom. The van der Waals surface area contributed by atoms with Gasteiger partial charge in [-0.1, -0.05) is 30.3 Å². The number of rotatable bonds is 3. The summed E-state index contributed by atoms with van der Waals surface area (Å²) in [5.74, 6) is 0. The molecule has 0 radical (unpaired) electrons. The number of ether oxygens (including phenoxy) is 1. The lowest BCUT2D eigenvalue weighted by Crippen LogP contribution is -2.43. The van der Waals surface area contributed by atoms with E-state index in [0.29, 0.717) is 0 Å². The number of benzene rings is 1. The zero-order chi connectivity index (χ0) is 14.2. The second kappa shape index (κ2) is 5.20. The quantitative estimate of drug-likeness (QED) is 0.804. The lowest BCUT2D eigenvalue weighted by molar-refractivity contribution is -0.0601. The van der Waals surface area contributed by atoms with Crippen LogP contribution in [0.5, 0.6) is 0 Å². The highest BCUT2D eigenvalue weighted by Gasteiger charge is 2.55. The van der Waals surface area contributed by atoms with Crippen molar-refractivity contribution in [2.75, 3.05) is 13.2 Å². The largest absolute Gasteiger partial charge is 0.475 e. The van der Waals surface area contributed by atoms with Crippen molar-refractivity contribution in [1.82, 2.24) is 0 Å². The van der Waals surface area contributed by atoms with Crippen molar-refractivity contribution in [2.24, 2.45) is 0 Å². The van der Waals surface area contributed by atoms with Gasteiger partial charge < -0.3 is 4.74 Å². The molecular weight excluding hydrogens is 286 g/mol. The molecule has 4 atom stereocenters. The van der Waals surface area contributed by atoms with Crippen LogP contribution in [0.3, 0.4) is 0 Å². The van der Waals surface area contributed by atoms with Crippen LogP contribution in [0.4, 0.5) is 4.39 Å². The highest BCUT2D eigenvalue weighted by Crippen LogP contribution is 2.57. The van der Waals surface area contributed by atoms with Crippen molar-refractivity contribution < 1.29 is 27.3 Å². The average molecular weight is 302 g/mol. The van der Waals surface area contributed by atoms with E-state index in [1.807, 2.05) is 30.3 Å². The van der Waals surface area contributed by atoms with Crippen LogP contribution in [0.25, 0.3) is 0 Å². The third-order valence-electron chi connectivity index (χ3n) is 3.38. The van der Waals surface area contributed by atoms with E-state index < -0.39 is 25.7 Å². The van der Waals surface area contributed by atoms with E-state index in [2.05, 4.69) is 0 Å². The molecule has 2 saturated heterocycles. The number of phosphoric acid groups is 1. The number of phosphoric ester groups is 1. The van der Waals surface area contributed by atoms with E-state index in [4.69, 9.17) is 18.3 Å². The third-order valence-corrected chi connectivity index (χ3v) is 4.78. The first-order valence-electron chi connectivity index (χ1n) is 6.40. The summed E-state index contributed by atoms with van der Waals surface area (Å²) in [7, 11) is -3.75. The molecule has 1 aromatic rings. The van der Waals surface area contributed by atoms with Gasteiger partial charge in [-0.15, -0.1) is 0 Å². The maximum atomic E-state index is 14.2. The van der Waals surface area contributed by atoms with Crippen LogP contribution >= 0.6 is 7.82 Å². The predicted molar refractivity (Wildman–Crippen MR) is 68.9 cm³/mol. The van der Waals surface area contributed by atoms with Crippen molar-refractivity contribution in [3.8, 4) is 0 Å². The molecule has 0 bridgehead atoms. The predicted octanol–water partition coefficient (Wildman–Crippen LogP) is 2.85. The lowest BCUT2D eigenvalue weighted by atomic mass is 10.0. The fourth-order valence-electron chi connectivity index (χ4n) is 2.27. The van der Waals surface area contributed by atoms with E-state index >= 15 is 0 Å². The molecule has 0 N–H and O–H groups in total. The second-order valence-electron chi connectivity index (χ2n) is 5.16. The fraction of sp³-hybridized carbons (Fsp3) is 0.538. The van der Waals surface area contributed by atoms with Crippen molar-refractivity contribution in [3.05, 3.63) is 35.9 Å². The molecule has 0 aromatic heterocycles. The van der Waals surface area contributed by atoms with Gasteiger partial charge in [0.15, 0.2) is 5.67 Å². The van der Waals surface area contributed by atoms with Gasteiger partial charge in [0.2, 0.25) is 0 Å². The van der Waals surface area contributed by atoms with Gasteiger partial charge in [0.25, 0.3) is 0 Å². The molecule has 3 rings (SSSR count). The van der Waals surface area contributed by atoms with Crippen LogP contribution in [-0.4, -0.2) is 31.1 Å². The number of hydrogen-bond acceptors (Lipinski definition) is 5. The standard InChI is InChI=1S/C13H16FO5P/c1-13(14)9-16-11-8-18-20(15,19-12(11)13)17-7-10-5-3-2-4-6-10/h2-6,11-12H,7-9H2,1H3/t11-,12-,13-,20-/m1/s1. The van der Waals surface area contributed by atoms with Gasteiger partial charge in [-0.3, -0.25) is 13.6 Å². The van der Waals surface area contributed by atoms with Crippen molar-refractivity contribution >= 4 is 7.82 Å². The van der Waals surface area contributed by atoms with Gasteiger partial charge >= 0.3 is 7.82 Å². The molecule has 2 heterocycles. The first-order chi connectivity index (χ1) is 9.49. The van der Waals surface area contributed by atoms with Gasteiger partial charge in [-0.05, 0) is 12.5 Å². The minimum absolute atomic E-state index is 0.0102. The Bertz CT molecular complexity index is 521. The fourth-order valence-corrected chi connectivity index (χ4v) is 3.74. The van der Waals surface area contributed by atoms with Gasteiger partial charge in [0.05, 0.1) is 19.8 Å². The van der Waals surface area contributed by atoms with Crippen LogP contribution in [0, 0.1) is 0 Å². The zero-order valence-corrected chi connectivity index (χ0v) is 11.9. The zero-order valence-electron chi connectivity index (χ0n) is 11.0. The maximum Gasteiger partial charge on any atom is 0.475 e. The molecule has 20 heavy (non-hydrogen) atoms. The summed E-state index contributed by atoms with van der Waals surface area (Å²) in [6.45, 7) is 1.37. The minimum Gasteiger partial charge on any atom is -0.370 e. The van der Waals surface area contributed by atoms with Crippen molar-refractivity contribution in [1.29, 1.82) is 0 Å². The summed E-state index contributed by atoms with van der Waals surface area (Å²) in [5, 5.41) is 0. The van der Waals surface area contributed by atoms with E-state index in [1.165, 1.54) is 6.92 Å². The highest BCUT2D eigenvalue weighted by atomic mass is 31.2. The molecule has 110 valence electrons. The number of fused-ring (bicyclic) bond motifs is 1. The number of alkyl halides is 1. The number of hydrogen-bond donors (Lipinski definition) is 0. The molecule has 0 spiro atoms. The second-order valence-corrected chi connectivity index (χ2v) is 6.78. The van der Waals surface area contributed by atoms with Gasteiger partial charge in [-0.25, -0.2) is 8.96 Å². The van der Waals surface area contributed by atoms with Crippen molar-refractivity contribution in [3.63, 3.8) is 0 Å². The Morgan fingerprint density at radius 2 is 2.20 bits per heavy atom. The summed E-state index contributed by atoms with van der Waals surface area (Å²) in [5.41, 5.74) is -0.844. The van der Waals surface area contributed by atoms with E-state index in [9.17, 15) is 8.96 Å². The van der Waals surface area contributed by atoms with Crippen LogP contribution in [-0.2, 0) is 29.5 Å². The maximum absolute atomic E-state index is 14.2. The normalized spacial score (nSPS) is 40.5. The topological polar surface area (TPSA) is 54.0 Å². The first-order valence-corrected chi connectivity index (χ1v) is 7.87. The molecule has 7 heteroatoms. The summed E-state index contributed by atoms with van der Waals surface area (Å²) in [4.78, 5) is 0. The van der Waals surface area contributed by atoms with E-state index in [0.717, 1.165) is 5.56 Å². The minimum atomic E-state index is -3.75. The molecule has 0 saturated carbocycles. The summed E-state index contributed by atoms with van der Waals surface area (Å²) < 4.78 is 47.4. The van der Waals surface area contributed by atoms with Crippen LogP contribution in [0.1, 0.15) is 12.5 Å². The Kier molecular flexibility index (Phi) is 3.69. The van der Waals surface area contributed by atoms with Crippen LogP contribution < -0.4 is 0 Å². The first kappa shape index (κ1) is 14.2. The average Bonchev–Trinajstić information content (AvgIpc) is 2.73. The molecular formula is C13H16FO5P. The molecule has 0 aliphatic carbocycles. The Morgan fingerprint density at radius 3 is 2.95 bits per heavy atom. The smallest absolute Gasteiger partial charge is 0.370 e. The molecule has 2 aliphatic rings. The number of halogens is 1. The van der Waals surface area contributed by atoms with E-state index in [-0.39, 0.29) is 19.8 Å². The van der Waals surface area contributed by atoms with Crippen molar-refractivity contribution in [2.45, 2.75) is 31.4 Å². The summed E-state index contributed by atoms with van der Waals surface area (Å²) in [6, 6.07) is 9.22. The molecule has 0 unspecified atom stereocenters.